The summed E-state index contributed by atoms with van der Waals surface area (Å²) >= 11 is 0. The summed E-state index contributed by atoms with van der Waals surface area (Å²) in [4.78, 5) is 0. The number of hydrogen-bond acceptors (Lipinski definition) is 5. The van der Waals surface area contributed by atoms with Gasteiger partial charge in [0.2, 0.25) is 10.0 Å². The highest BCUT2D eigenvalue weighted by molar-refractivity contribution is 7.89. The number of aliphatic hydroxyl groups is 1. The molecule has 6 nitrogen and oxygen atoms in total. The quantitative estimate of drug-likeness (QED) is 0.583. The van der Waals surface area contributed by atoms with Crippen molar-refractivity contribution in [2.75, 3.05) is 38.7 Å². The predicted molar refractivity (Wildman–Crippen MR) is 49.4 cm³/mol. The number of ether oxygens (including phenoxy) is 2. The zero-order valence-corrected chi connectivity index (χ0v) is 8.62. The molecule has 1 heterocycles. The smallest absolute Gasteiger partial charge is 0.213 e. The van der Waals surface area contributed by atoms with Crippen LogP contribution in [0.3, 0.4) is 0 Å². The van der Waals surface area contributed by atoms with Gasteiger partial charge in [-0.1, -0.05) is 0 Å². The third kappa shape index (κ3) is 4.34. The second-order valence-electron chi connectivity index (χ2n) is 2.96. The minimum atomic E-state index is -3.37. The van der Waals surface area contributed by atoms with E-state index in [4.69, 9.17) is 14.6 Å². The van der Waals surface area contributed by atoms with Crippen molar-refractivity contribution in [1.29, 1.82) is 0 Å². The first-order chi connectivity index (χ1) is 6.64. The van der Waals surface area contributed by atoms with E-state index in [2.05, 4.69) is 4.72 Å². The summed E-state index contributed by atoms with van der Waals surface area (Å²) in [7, 11) is -3.37. The molecule has 0 aliphatic carbocycles. The van der Waals surface area contributed by atoms with E-state index < -0.39 is 10.0 Å². The van der Waals surface area contributed by atoms with E-state index in [-0.39, 0.29) is 25.0 Å². The van der Waals surface area contributed by atoms with Crippen LogP contribution >= 0.6 is 0 Å². The van der Waals surface area contributed by atoms with E-state index in [0.717, 1.165) is 0 Å². The predicted octanol–water partition coefficient (Wildman–Crippen LogP) is -1.69. The van der Waals surface area contributed by atoms with Gasteiger partial charge in [-0.2, -0.15) is 0 Å². The molecule has 1 atom stereocenters. The van der Waals surface area contributed by atoms with Gasteiger partial charge >= 0.3 is 0 Å². The molecule has 0 spiro atoms. The maximum atomic E-state index is 11.1. The van der Waals surface area contributed by atoms with Crippen LogP contribution in [-0.4, -0.2) is 58.4 Å². The molecule has 0 amide bonds. The molecule has 2 N–H and O–H groups in total. The molecule has 1 fully saturated rings. The highest BCUT2D eigenvalue weighted by atomic mass is 32.2. The van der Waals surface area contributed by atoms with Gasteiger partial charge in [-0.05, 0) is 0 Å². The van der Waals surface area contributed by atoms with Gasteiger partial charge in [-0.15, -0.1) is 0 Å². The minimum Gasteiger partial charge on any atom is -0.395 e. The Balaban J connectivity index is 2.24. The summed E-state index contributed by atoms with van der Waals surface area (Å²) in [5, 5.41) is 8.46. The number of aliphatic hydroxyl groups excluding tert-OH is 1. The Hall–Kier alpha value is -0.210. The Morgan fingerprint density at radius 1 is 1.43 bits per heavy atom. The van der Waals surface area contributed by atoms with Crippen molar-refractivity contribution in [1.82, 2.24) is 4.72 Å². The third-order valence-electron chi connectivity index (χ3n) is 1.78. The standard InChI is InChI=1S/C7H15NO5S/c9-1-4-14(10,11)8-5-7-6-12-2-3-13-7/h7-9H,1-6H2. The highest BCUT2D eigenvalue weighted by Gasteiger charge is 2.17. The lowest BCUT2D eigenvalue weighted by atomic mass is 10.3. The Labute approximate surface area is 83.3 Å². The van der Waals surface area contributed by atoms with Crippen LogP contribution in [0, 0.1) is 0 Å². The summed E-state index contributed by atoms with van der Waals surface area (Å²) in [5.74, 6) is -0.277. The van der Waals surface area contributed by atoms with Crippen molar-refractivity contribution in [2.24, 2.45) is 0 Å². The van der Waals surface area contributed by atoms with Gasteiger partial charge in [0.25, 0.3) is 0 Å². The van der Waals surface area contributed by atoms with Gasteiger partial charge in [0.05, 0.1) is 38.3 Å². The fourth-order valence-corrected chi connectivity index (χ4v) is 1.89. The molecule has 0 aromatic carbocycles. The SMILES string of the molecule is O=S(=O)(CCO)NCC1COCCO1. The molecule has 0 saturated carbocycles. The van der Waals surface area contributed by atoms with Crippen LogP contribution in [0.2, 0.25) is 0 Å². The molecule has 0 aromatic rings. The maximum Gasteiger partial charge on any atom is 0.213 e. The average molecular weight is 225 g/mol. The molecule has 0 bridgehead atoms. The third-order valence-corrected chi connectivity index (χ3v) is 3.10. The normalized spacial score (nSPS) is 23.6. The number of nitrogens with one attached hydrogen (secondary N) is 1. The van der Waals surface area contributed by atoms with Crippen LogP contribution in [-0.2, 0) is 19.5 Å². The lowest BCUT2D eigenvalue weighted by Crippen LogP contribution is -2.40. The van der Waals surface area contributed by atoms with Crippen molar-refractivity contribution in [3.63, 3.8) is 0 Å². The van der Waals surface area contributed by atoms with E-state index >= 15 is 0 Å². The van der Waals surface area contributed by atoms with E-state index in [1.165, 1.54) is 0 Å². The molecule has 0 aromatic heterocycles. The van der Waals surface area contributed by atoms with Gasteiger partial charge in [0.15, 0.2) is 0 Å². The molecule has 1 aliphatic heterocycles. The first kappa shape index (κ1) is 11.9. The molecular formula is C7H15NO5S. The van der Waals surface area contributed by atoms with Crippen molar-refractivity contribution in [3.05, 3.63) is 0 Å². The first-order valence-corrected chi connectivity index (χ1v) is 6.07. The van der Waals surface area contributed by atoms with Crippen LogP contribution < -0.4 is 4.72 Å². The van der Waals surface area contributed by atoms with Gasteiger partial charge in [0.1, 0.15) is 0 Å². The second-order valence-corrected chi connectivity index (χ2v) is 4.89. The van der Waals surface area contributed by atoms with E-state index in [1.807, 2.05) is 0 Å². The van der Waals surface area contributed by atoms with Crippen molar-refractivity contribution in [2.45, 2.75) is 6.10 Å². The lowest BCUT2D eigenvalue weighted by molar-refractivity contribution is -0.0847. The molecule has 0 radical (unpaired) electrons. The van der Waals surface area contributed by atoms with Crippen molar-refractivity contribution >= 4 is 10.0 Å². The minimum absolute atomic E-state index is 0.197. The lowest BCUT2D eigenvalue weighted by Gasteiger charge is -2.22. The largest absolute Gasteiger partial charge is 0.395 e. The molecular weight excluding hydrogens is 210 g/mol. The van der Waals surface area contributed by atoms with Crippen LogP contribution in [0.1, 0.15) is 0 Å². The van der Waals surface area contributed by atoms with E-state index in [9.17, 15) is 8.42 Å². The number of hydrogen-bond donors (Lipinski definition) is 2. The van der Waals surface area contributed by atoms with Crippen molar-refractivity contribution < 1.29 is 23.0 Å². The molecule has 84 valence electrons. The molecule has 1 rings (SSSR count). The van der Waals surface area contributed by atoms with Crippen molar-refractivity contribution in [3.8, 4) is 0 Å². The average Bonchev–Trinajstić information content (AvgIpc) is 2.17. The summed E-state index contributed by atoms with van der Waals surface area (Å²) in [6.45, 7) is 1.27. The Kier molecular flexibility index (Phi) is 4.76. The van der Waals surface area contributed by atoms with Gasteiger partial charge in [-0.3, -0.25) is 0 Å². The molecule has 1 aliphatic rings. The van der Waals surface area contributed by atoms with Gasteiger partial charge in [0, 0.05) is 6.54 Å². The van der Waals surface area contributed by atoms with E-state index in [0.29, 0.717) is 19.8 Å². The molecule has 1 unspecified atom stereocenters. The Morgan fingerprint density at radius 3 is 2.79 bits per heavy atom. The van der Waals surface area contributed by atoms with E-state index in [1.54, 1.807) is 0 Å². The summed E-state index contributed by atoms with van der Waals surface area (Å²) in [6.07, 6.45) is -0.225. The maximum absolute atomic E-state index is 11.1. The van der Waals surface area contributed by atoms with Crippen LogP contribution in [0.4, 0.5) is 0 Å². The van der Waals surface area contributed by atoms with Gasteiger partial charge < -0.3 is 14.6 Å². The van der Waals surface area contributed by atoms with Crippen LogP contribution in [0.15, 0.2) is 0 Å². The molecule has 7 heteroatoms. The summed E-state index contributed by atoms with van der Waals surface area (Å²) < 4.78 is 34.9. The summed E-state index contributed by atoms with van der Waals surface area (Å²) in [5.41, 5.74) is 0. The molecule has 1 saturated heterocycles. The van der Waals surface area contributed by atoms with Crippen LogP contribution in [0.5, 0.6) is 0 Å². The second kappa shape index (κ2) is 5.62. The summed E-state index contributed by atoms with van der Waals surface area (Å²) in [6, 6.07) is 0. The van der Waals surface area contributed by atoms with Gasteiger partial charge in [-0.25, -0.2) is 13.1 Å². The Bertz CT molecular complexity index is 247. The van der Waals surface area contributed by atoms with Crippen LogP contribution in [0.25, 0.3) is 0 Å². The zero-order chi connectivity index (χ0) is 10.4. The number of sulfonamides is 1. The Morgan fingerprint density at radius 2 is 2.21 bits per heavy atom. The monoisotopic (exact) mass is 225 g/mol. The highest BCUT2D eigenvalue weighted by Crippen LogP contribution is 1.99. The first-order valence-electron chi connectivity index (χ1n) is 4.41. The molecule has 14 heavy (non-hydrogen) atoms. The fourth-order valence-electron chi connectivity index (χ4n) is 1.07. The topological polar surface area (TPSA) is 84.9 Å². The number of rotatable bonds is 5. The zero-order valence-electron chi connectivity index (χ0n) is 7.81. The fraction of sp³-hybridized carbons (Fsp3) is 1.00.